The second-order valence-corrected chi connectivity index (χ2v) is 6.65. The Morgan fingerprint density at radius 1 is 0.905 bits per heavy atom. The van der Waals surface area contributed by atoms with Crippen molar-refractivity contribution in [2.24, 2.45) is 0 Å². The molecular weight excluding hydrogens is 296 g/mol. The first-order valence-electron chi connectivity index (χ1n) is 6.17. The highest BCUT2D eigenvalue weighted by Gasteiger charge is 2.45. The standard InChI is InChI=1S/C13H24O7Si/c1-7-17-13(18-8-2,19-9-3)10-11-21(15-5,16-6)20-12-14-4/h7-9H,1-3,10-12H2,4-6H3. The molecule has 122 valence electrons. The summed E-state index contributed by atoms with van der Waals surface area (Å²) in [5.74, 6) is -1.45. The first kappa shape index (κ1) is 19.7. The van der Waals surface area contributed by atoms with Gasteiger partial charge < -0.3 is 32.2 Å². The van der Waals surface area contributed by atoms with Crippen LogP contribution in [0.15, 0.2) is 38.5 Å². The maximum absolute atomic E-state index is 5.54. The lowest BCUT2D eigenvalue weighted by molar-refractivity contribution is -0.319. The minimum absolute atomic E-state index is 0.0495. The summed E-state index contributed by atoms with van der Waals surface area (Å²) in [5.41, 5.74) is 0. The zero-order valence-corrected chi connectivity index (χ0v) is 13.8. The molecule has 0 aromatic carbocycles. The molecule has 0 bridgehead atoms. The summed E-state index contributed by atoms with van der Waals surface area (Å²) in [5, 5.41) is 0. The molecule has 8 heteroatoms. The van der Waals surface area contributed by atoms with E-state index >= 15 is 0 Å². The predicted molar refractivity (Wildman–Crippen MR) is 78.7 cm³/mol. The van der Waals surface area contributed by atoms with Crippen molar-refractivity contribution in [3.05, 3.63) is 38.5 Å². The van der Waals surface area contributed by atoms with Crippen molar-refractivity contribution >= 4 is 8.80 Å². The van der Waals surface area contributed by atoms with Gasteiger partial charge in [-0.1, -0.05) is 19.7 Å². The molecule has 21 heavy (non-hydrogen) atoms. The van der Waals surface area contributed by atoms with Crippen LogP contribution in [0.25, 0.3) is 0 Å². The molecule has 0 N–H and O–H groups in total. The normalized spacial score (nSPS) is 11.6. The SMILES string of the molecule is C=COC(CC[Si](OC)(OC)OCOC)(OC=C)OC=C. The van der Waals surface area contributed by atoms with E-state index < -0.39 is 14.8 Å². The molecule has 0 spiro atoms. The summed E-state index contributed by atoms with van der Waals surface area (Å²) in [6.45, 7) is 10.5. The minimum atomic E-state index is -2.93. The molecule has 0 aliphatic rings. The van der Waals surface area contributed by atoms with Gasteiger partial charge in [0.05, 0.1) is 25.2 Å². The predicted octanol–water partition coefficient (Wildman–Crippen LogP) is 2.36. The largest absolute Gasteiger partial charge is 0.502 e. The quantitative estimate of drug-likeness (QED) is 0.276. The van der Waals surface area contributed by atoms with Crippen LogP contribution in [-0.2, 0) is 32.2 Å². The third kappa shape index (κ3) is 6.32. The maximum atomic E-state index is 5.54. The Labute approximate surface area is 127 Å². The van der Waals surface area contributed by atoms with E-state index in [-0.39, 0.29) is 13.2 Å². The van der Waals surface area contributed by atoms with E-state index in [1.165, 1.54) is 40.1 Å². The molecule has 0 aliphatic heterocycles. The molecule has 0 heterocycles. The molecule has 0 radical (unpaired) electrons. The second-order valence-electron chi connectivity index (χ2n) is 3.68. The highest BCUT2D eigenvalue weighted by atomic mass is 28.4. The number of hydrogen-bond donors (Lipinski definition) is 0. The molecule has 7 nitrogen and oxygen atoms in total. The lowest BCUT2D eigenvalue weighted by Crippen LogP contribution is -2.47. The van der Waals surface area contributed by atoms with Gasteiger partial charge in [-0.05, 0) is 0 Å². The molecule has 0 rings (SSSR count). The first-order chi connectivity index (χ1) is 10.1. The van der Waals surface area contributed by atoms with Crippen molar-refractivity contribution in [3.8, 4) is 0 Å². The zero-order chi connectivity index (χ0) is 16.2. The summed E-state index contributed by atoms with van der Waals surface area (Å²) in [7, 11) is 1.59. The van der Waals surface area contributed by atoms with Crippen LogP contribution in [-0.4, -0.2) is 42.9 Å². The van der Waals surface area contributed by atoms with Gasteiger partial charge in [0.15, 0.2) is 0 Å². The summed E-state index contributed by atoms with van der Waals surface area (Å²) >= 11 is 0. The van der Waals surface area contributed by atoms with Crippen LogP contribution in [0.4, 0.5) is 0 Å². The molecule has 0 aliphatic carbocycles. The van der Waals surface area contributed by atoms with Crippen LogP contribution in [0.3, 0.4) is 0 Å². The summed E-state index contributed by atoms with van der Waals surface area (Å²) in [6, 6.07) is 0.346. The van der Waals surface area contributed by atoms with E-state index in [0.29, 0.717) is 6.04 Å². The van der Waals surface area contributed by atoms with Crippen LogP contribution < -0.4 is 0 Å². The Morgan fingerprint density at radius 3 is 1.71 bits per heavy atom. The van der Waals surface area contributed by atoms with Crippen molar-refractivity contribution in [2.75, 3.05) is 28.1 Å². The molecule has 0 amide bonds. The molecule has 0 aromatic rings. The molecule has 0 unspecified atom stereocenters. The smallest absolute Gasteiger partial charge is 0.429 e. The Morgan fingerprint density at radius 2 is 1.38 bits per heavy atom. The van der Waals surface area contributed by atoms with Gasteiger partial charge in [0.1, 0.15) is 6.79 Å². The Hall–Kier alpha value is -1.32. The fourth-order valence-electron chi connectivity index (χ4n) is 1.57. The van der Waals surface area contributed by atoms with E-state index in [1.807, 2.05) is 0 Å². The average Bonchev–Trinajstić information content (AvgIpc) is 2.49. The molecule has 0 saturated carbocycles. The van der Waals surface area contributed by atoms with Crippen LogP contribution in [0.1, 0.15) is 6.42 Å². The van der Waals surface area contributed by atoms with Crippen molar-refractivity contribution in [2.45, 2.75) is 18.4 Å². The van der Waals surface area contributed by atoms with Gasteiger partial charge in [0.2, 0.25) is 0 Å². The molecule has 0 fully saturated rings. The fraction of sp³-hybridized carbons (Fsp3) is 0.538. The minimum Gasteiger partial charge on any atom is -0.429 e. The fourth-order valence-corrected chi connectivity index (χ4v) is 3.44. The number of methoxy groups -OCH3 is 1. The van der Waals surface area contributed by atoms with E-state index in [2.05, 4.69) is 19.7 Å². The molecule has 0 saturated heterocycles. The van der Waals surface area contributed by atoms with E-state index in [0.717, 1.165) is 0 Å². The lowest BCUT2D eigenvalue weighted by atomic mass is 10.4. The molecule has 0 atom stereocenters. The number of hydrogen-bond acceptors (Lipinski definition) is 7. The van der Waals surface area contributed by atoms with Crippen LogP contribution in [0.5, 0.6) is 0 Å². The van der Waals surface area contributed by atoms with Crippen LogP contribution >= 0.6 is 0 Å². The van der Waals surface area contributed by atoms with Crippen LogP contribution in [0, 0.1) is 0 Å². The number of ether oxygens (including phenoxy) is 4. The lowest BCUT2D eigenvalue weighted by Gasteiger charge is -2.33. The topological polar surface area (TPSA) is 64.6 Å². The Bertz CT molecular complexity index is 291. The van der Waals surface area contributed by atoms with E-state index in [4.69, 9.17) is 32.2 Å². The zero-order valence-electron chi connectivity index (χ0n) is 12.8. The van der Waals surface area contributed by atoms with Gasteiger partial charge in [0, 0.05) is 27.4 Å². The van der Waals surface area contributed by atoms with E-state index in [1.54, 1.807) is 0 Å². The highest BCUT2D eigenvalue weighted by molar-refractivity contribution is 6.60. The Kier molecular flexibility index (Phi) is 9.75. The van der Waals surface area contributed by atoms with E-state index in [9.17, 15) is 0 Å². The molecular formula is C13H24O7Si. The summed E-state index contributed by atoms with van der Waals surface area (Å²) in [6.07, 6.45) is 3.83. The number of rotatable bonds is 14. The highest BCUT2D eigenvalue weighted by Crippen LogP contribution is 2.28. The van der Waals surface area contributed by atoms with Gasteiger partial charge in [-0.2, -0.15) is 0 Å². The molecule has 0 aromatic heterocycles. The second kappa shape index (κ2) is 10.4. The van der Waals surface area contributed by atoms with Crippen molar-refractivity contribution in [1.29, 1.82) is 0 Å². The van der Waals surface area contributed by atoms with Gasteiger partial charge in [-0.15, -0.1) is 0 Å². The first-order valence-corrected chi connectivity index (χ1v) is 8.10. The van der Waals surface area contributed by atoms with Gasteiger partial charge in [-0.3, -0.25) is 0 Å². The third-order valence-corrected chi connectivity index (χ3v) is 5.21. The summed E-state index contributed by atoms with van der Waals surface area (Å²) < 4.78 is 37.1. The summed E-state index contributed by atoms with van der Waals surface area (Å²) in [4.78, 5) is 0. The van der Waals surface area contributed by atoms with Crippen LogP contribution in [0.2, 0.25) is 6.04 Å². The van der Waals surface area contributed by atoms with Crippen molar-refractivity contribution in [1.82, 2.24) is 0 Å². The van der Waals surface area contributed by atoms with Crippen molar-refractivity contribution < 1.29 is 32.2 Å². The Balaban J connectivity index is 4.98. The maximum Gasteiger partial charge on any atom is 0.502 e. The van der Waals surface area contributed by atoms with Crippen molar-refractivity contribution in [3.63, 3.8) is 0 Å². The monoisotopic (exact) mass is 320 g/mol. The average molecular weight is 320 g/mol. The van der Waals surface area contributed by atoms with Gasteiger partial charge in [0.25, 0.3) is 0 Å². The van der Waals surface area contributed by atoms with Gasteiger partial charge >= 0.3 is 14.8 Å². The van der Waals surface area contributed by atoms with Gasteiger partial charge in [-0.25, -0.2) is 0 Å². The third-order valence-electron chi connectivity index (χ3n) is 2.54.